The smallest absolute Gasteiger partial charge is 0.0645 e. The van der Waals surface area contributed by atoms with Crippen LogP contribution in [-0.4, -0.2) is 16.3 Å². The van der Waals surface area contributed by atoms with Crippen LogP contribution in [0.2, 0.25) is 0 Å². The highest BCUT2D eigenvalue weighted by Crippen LogP contribution is 2.21. The molecule has 0 saturated heterocycles. The van der Waals surface area contributed by atoms with E-state index >= 15 is 0 Å². The van der Waals surface area contributed by atoms with Crippen LogP contribution in [-0.2, 0) is 0 Å². The van der Waals surface area contributed by atoms with Gasteiger partial charge in [0.2, 0.25) is 0 Å². The van der Waals surface area contributed by atoms with Gasteiger partial charge in [0.1, 0.15) is 0 Å². The summed E-state index contributed by atoms with van der Waals surface area (Å²) in [6.45, 7) is 9.31. The SMILES string of the molecule is C=C(C)CCC(NCCC)c1cnn(-c2ccccc2)c1. The van der Waals surface area contributed by atoms with Crippen LogP contribution in [0.1, 0.15) is 44.7 Å². The van der Waals surface area contributed by atoms with Crippen molar-refractivity contribution in [3.63, 3.8) is 0 Å². The van der Waals surface area contributed by atoms with E-state index in [9.17, 15) is 0 Å². The number of para-hydroxylation sites is 1. The Morgan fingerprint density at radius 1 is 1.33 bits per heavy atom. The Labute approximate surface area is 127 Å². The van der Waals surface area contributed by atoms with E-state index in [0.29, 0.717) is 6.04 Å². The number of aromatic nitrogens is 2. The number of nitrogens with zero attached hydrogens (tertiary/aromatic N) is 2. The molecule has 0 saturated carbocycles. The fraction of sp³-hybridized carbons (Fsp3) is 0.389. The minimum atomic E-state index is 0.346. The van der Waals surface area contributed by atoms with Gasteiger partial charge in [0.15, 0.2) is 0 Å². The predicted molar refractivity (Wildman–Crippen MR) is 88.6 cm³/mol. The van der Waals surface area contributed by atoms with E-state index in [1.807, 2.05) is 29.1 Å². The molecule has 0 bridgehead atoms. The summed E-state index contributed by atoms with van der Waals surface area (Å²) in [5.74, 6) is 0. The Kier molecular flexibility index (Phi) is 5.76. The lowest BCUT2D eigenvalue weighted by Crippen LogP contribution is -2.21. The van der Waals surface area contributed by atoms with Crippen LogP contribution in [0.15, 0.2) is 54.9 Å². The van der Waals surface area contributed by atoms with Gasteiger partial charge in [-0.25, -0.2) is 4.68 Å². The summed E-state index contributed by atoms with van der Waals surface area (Å²) in [5.41, 5.74) is 3.57. The number of benzene rings is 1. The first-order chi connectivity index (χ1) is 10.2. The van der Waals surface area contributed by atoms with E-state index in [1.54, 1.807) is 0 Å². The summed E-state index contributed by atoms with van der Waals surface area (Å²) in [6.07, 6.45) is 7.34. The van der Waals surface area contributed by atoms with Crippen molar-refractivity contribution in [3.05, 3.63) is 60.4 Å². The average Bonchev–Trinajstić information content (AvgIpc) is 2.98. The van der Waals surface area contributed by atoms with E-state index in [1.165, 1.54) is 11.1 Å². The highest BCUT2D eigenvalue weighted by molar-refractivity contribution is 5.31. The van der Waals surface area contributed by atoms with E-state index in [-0.39, 0.29) is 0 Å². The zero-order valence-corrected chi connectivity index (χ0v) is 13.0. The summed E-state index contributed by atoms with van der Waals surface area (Å²) in [7, 11) is 0. The largest absolute Gasteiger partial charge is 0.310 e. The van der Waals surface area contributed by atoms with Gasteiger partial charge in [0.25, 0.3) is 0 Å². The monoisotopic (exact) mass is 283 g/mol. The molecule has 2 aromatic rings. The fourth-order valence-corrected chi connectivity index (χ4v) is 2.33. The van der Waals surface area contributed by atoms with Gasteiger partial charge in [-0.2, -0.15) is 5.10 Å². The van der Waals surface area contributed by atoms with E-state index in [0.717, 1.165) is 31.5 Å². The van der Waals surface area contributed by atoms with Crippen LogP contribution in [0, 0.1) is 0 Å². The van der Waals surface area contributed by atoms with Crippen molar-refractivity contribution < 1.29 is 0 Å². The molecule has 0 aliphatic rings. The van der Waals surface area contributed by atoms with Gasteiger partial charge < -0.3 is 5.32 Å². The molecular weight excluding hydrogens is 258 g/mol. The molecule has 1 atom stereocenters. The summed E-state index contributed by atoms with van der Waals surface area (Å²) in [4.78, 5) is 0. The van der Waals surface area contributed by atoms with Crippen LogP contribution >= 0.6 is 0 Å². The Hall–Kier alpha value is -1.87. The second-order valence-electron chi connectivity index (χ2n) is 5.56. The molecule has 1 unspecified atom stereocenters. The molecule has 0 amide bonds. The third kappa shape index (κ3) is 4.57. The third-order valence-electron chi connectivity index (χ3n) is 3.53. The Balaban J connectivity index is 2.12. The highest BCUT2D eigenvalue weighted by atomic mass is 15.3. The molecule has 1 heterocycles. The van der Waals surface area contributed by atoms with Crippen molar-refractivity contribution in [2.45, 2.75) is 39.2 Å². The molecule has 1 N–H and O–H groups in total. The van der Waals surface area contributed by atoms with Gasteiger partial charge in [-0.1, -0.05) is 30.7 Å². The number of hydrogen-bond donors (Lipinski definition) is 1. The second kappa shape index (κ2) is 7.79. The van der Waals surface area contributed by atoms with Gasteiger partial charge in [-0.3, -0.25) is 0 Å². The lowest BCUT2D eigenvalue weighted by atomic mass is 10.0. The molecule has 0 aliphatic heterocycles. The molecule has 1 aromatic heterocycles. The standard InChI is InChI=1S/C18H25N3/c1-4-12-19-18(11-10-15(2)3)16-13-20-21(14-16)17-8-6-5-7-9-17/h5-9,13-14,18-19H,2,4,10-12H2,1,3H3. The van der Waals surface area contributed by atoms with Crippen molar-refractivity contribution in [1.29, 1.82) is 0 Å². The summed E-state index contributed by atoms with van der Waals surface area (Å²) in [5, 5.41) is 8.11. The maximum absolute atomic E-state index is 4.50. The molecule has 0 aliphatic carbocycles. The average molecular weight is 283 g/mol. The molecular formula is C18H25N3. The van der Waals surface area contributed by atoms with Crippen LogP contribution < -0.4 is 5.32 Å². The fourth-order valence-electron chi connectivity index (χ4n) is 2.33. The quantitative estimate of drug-likeness (QED) is 0.733. The first kappa shape index (κ1) is 15.5. The second-order valence-corrected chi connectivity index (χ2v) is 5.56. The number of nitrogens with one attached hydrogen (secondary N) is 1. The number of hydrogen-bond acceptors (Lipinski definition) is 2. The van der Waals surface area contributed by atoms with Gasteiger partial charge in [0, 0.05) is 17.8 Å². The van der Waals surface area contributed by atoms with Crippen LogP contribution in [0.25, 0.3) is 5.69 Å². The molecule has 0 radical (unpaired) electrons. The van der Waals surface area contributed by atoms with Gasteiger partial charge >= 0.3 is 0 Å². The molecule has 0 spiro atoms. The molecule has 2 rings (SSSR count). The first-order valence-corrected chi connectivity index (χ1v) is 7.68. The minimum absolute atomic E-state index is 0.346. The Bertz CT molecular complexity index is 557. The Morgan fingerprint density at radius 2 is 2.10 bits per heavy atom. The number of allylic oxidation sites excluding steroid dienone is 1. The molecule has 0 fully saturated rings. The van der Waals surface area contributed by atoms with Crippen molar-refractivity contribution in [1.82, 2.24) is 15.1 Å². The summed E-state index contributed by atoms with van der Waals surface area (Å²) in [6, 6.07) is 10.6. The van der Waals surface area contributed by atoms with Gasteiger partial charge in [-0.15, -0.1) is 6.58 Å². The zero-order chi connectivity index (χ0) is 15.1. The van der Waals surface area contributed by atoms with Crippen molar-refractivity contribution in [2.75, 3.05) is 6.54 Å². The summed E-state index contributed by atoms with van der Waals surface area (Å²) < 4.78 is 1.94. The van der Waals surface area contributed by atoms with Crippen molar-refractivity contribution >= 4 is 0 Å². The number of rotatable bonds is 8. The lowest BCUT2D eigenvalue weighted by molar-refractivity contribution is 0.498. The normalized spacial score (nSPS) is 12.3. The van der Waals surface area contributed by atoms with Crippen molar-refractivity contribution in [3.8, 4) is 5.69 Å². The molecule has 3 nitrogen and oxygen atoms in total. The molecule has 3 heteroatoms. The first-order valence-electron chi connectivity index (χ1n) is 7.68. The topological polar surface area (TPSA) is 29.9 Å². The van der Waals surface area contributed by atoms with Crippen molar-refractivity contribution in [2.24, 2.45) is 0 Å². The molecule has 1 aromatic carbocycles. The van der Waals surface area contributed by atoms with Gasteiger partial charge in [0.05, 0.1) is 11.9 Å². The summed E-state index contributed by atoms with van der Waals surface area (Å²) >= 11 is 0. The zero-order valence-electron chi connectivity index (χ0n) is 13.0. The van der Waals surface area contributed by atoms with E-state index in [4.69, 9.17) is 0 Å². The highest BCUT2D eigenvalue weighted by Gasteiger charge is 2.13. The maximum atomic E-state index is 4.50. The predicted octanol–water partition coefficient (Wildman–Crippen LogP) is 4.27. The van der Waals surface area contributed by atoms with Gasteiger partial charge in [-0.05, 0) is 44.9 Å². The maximum Gasteiger partial charge on any atom is 0.0645 e. The van der Waals surface area contributed by atoms with Crippen LogP contribution in [0.5, 0.6) is 0 Å². The van der Waals surface area contributed by atoms with E-state index < -0.39 is 0 Å². The molecule has 21 heavy (non-hydrogen) atoms. The van der Waals surface area contributed by atoms with Crippen LogP contribution in [0.4, 0.5) is 0 Å². The molecule has 112 valence electrons. The lowest BCUT2D eigenvalue weighted by Gasteiger charge is -2.17. The Morgan fingerprint density at radius 3 is 2.76 bits per heavy atom. The minimum Gasteiger partial charge on any atom is -0.310 e. The van der Waals surface area contributed by atoms with E-state index in [2.05, 4.69) is 49.2 Å². The third-order valence-corrected chi connectivity index (χ3v) is 3.53. The van der Waals surface area contributed by atoms with Crippen LogP contribution in [0.3, 0.4) is 0 Å².